The molecule has 0 amide bonds. The Hall–Kier alpha value is -1.09. The van der Waals surface area contributed by atoms with Crippen LogP contribution in [0, 0.1) is 11.7 Å². The maximum Gasteiger partial charge on any atom is 0.165 e. The van der Waals surface area contributed by atoms with Gasteiger partial charge in [-0.2, -0.15) is 0 Å². The summed E-state index contributed by atoms with van der Waals surface area (Å²) in [5.74, 6) is 0.431. The van der Waals surface area contributed by atoms with E-state index in [1.165, 1.54) is 6.07 Å². The predicted octanol–water partition coefficient (Wildman–Crippen LogP) is 3.53. The second kappa shape index (κ2) is 6.01. The van der Waals surface area contributed by atoms with Crippen LogP contribution >= 0.6 is 0 Å². The van der Waals surface area contributed by atoms with Crippen molar-refractivity contribution in [2.45, 2.75) is 39.8 Å². The van der Waals surface area contributed by atoms with Crippen LogP contribution in [-0.2, 0) is 0 Å². The van der Waals surface area contributed by atoms with Crippen LogP contribution in [0.1, 0.15) is 39.3 Å². The lowest BCUT2D eigenvalue weighted by molar-refractivity contribution is 0.160. The van der Waals surface area contributed by atoms with Gasteiger partial charge < -0.3 is 10.1 Å². The highest BCUT2D eigenvalue weighted by Crippen LogP contribution is 2.29. The van der Waals surface area contributed by atoms with E-state index in [4.69, 9.17) is 4.74 Å². The first-order valence-corrected chi connectivity index (χ1v) is 6.09. The van der Waals surface area contributed by atoms with Gasteiger partial charge in [-0.1, -0.05) is 26.0 Å². The maximum atomic E-state index is 13.8. The molecule has 1 aromatic carbocycles. The Morgan fingerprint density at radius 1 is 1.18 bits per heavy atom. The van der Waals surface area contributed by atoms with Crippen molar-refractivity contribution in [1.29, 1.82) is 0 Å². The predicted molar refractivity (Wildman–Crippen MR) is 68.8 cm³/mol. The van der Waals surface area contributed by atoms with Gasteiger partial charge in [0.25, 0.3) is 0 Å². The molecule has 1 N–H and O–H groups in total. The molecule has 0 radical (unpaired) electrons. The first-order valence-electron chi connectivity index (χ1n) is 6.09. The fourth-order valence-corrected chi connectivity index (χ4v) is 1.47. The first-order chi connectivity index (χ1) is 7.97. The molecule has 1 aromatic rings. The summed E-state index contributed by atoms with van der Waals surface area (Å²) in [6, 6.07) is 5.12. The van der Waals surface area contributed by atoms with Crippen LogP contribution in [0.5, 0.6) is 5.75 Å². The number of hydrogen-bond acceptors (Lipinski definition) is 2. The third kappa shape index (κ3) is 3.43. The van der Waals surface area contributed by atoms with Gasteiger partial charge in [-0.3, -0.25) is 0 Å². The molecule has 1 rings (SSSR count). The Bertz CT molecular complexity index is 365. The van der Waals surface area contributed by atoms with Crippen molar-refractivity contribution < 1.29 is 9.13 Å². The standard InChI is InChI=1S/C14H22FNO/c1-9(2)11(4)17-14-12(10(3)16-5)7-6-8-13(14)15/h6-11,16H,1-5H3. The lowest BCUT2D eigenvalue weighted by atomic mass is 10.1. The van der Waals surface area contributed by atoms with E-state index in [1.54, 1.807) is 6.07 Å². The molecular formula is C14H22FNO. The number of para-hydroxylation sites is 1. The van der Waals surface area contributed by atoms with Crippen molar-refractivity contribution in [1.82, 2.24) is 5.32 Å². The molecule has 0 aromatic heterocycles. The topological polar surface area (TPSA) is 21.3 Å². The fourth-order valence-electron chi connectivity index (χ4n) is 1.47. The minimum absolute atomic E-state index is 0.00490. The molecule has 17 heavy (non-hydrogen) atoms. The highest BCUT2D eigenvalue weighted by molar-refractivity contribution is 5.37. The van der Waals surface area contributed by atoms with E-state index in [2.05, 4.69) is 19.2 Å². The van der Waals surface area contributed by atoms with Gasteiger partial charge in [0.15, 0.2) is 11.6 Å². The van der Waals surface area contributed by atoms with Gasteiger partial charge in [-0.15, -0.1) is 0 Å². The Morgan fingerprint density at radius 2 is 1.82 bits per heavy atom. The number of ether oxygens (including phenoxy) is 1. The molecule has 2 unspecified atom stereocenters. The van der Waals surface area contributed by atoms with E-state index in [-0.39, 0.29) is 18.0 Å². The second-order valence-corrected chi connectivity index (χ2v) is 4.74. The van der Waals surface area contributed by atoms with Crippen LogP contribution in [0.4, 0.5) is 4.39 Å². The zero-order valence-electron chi connectivity index (χ0n) is 11.3. The molecular weight excluding hydrogens is 217 g/mol. The fraction of sp³-hybridized carbons (Fsp3) is 0.571. The van der Waals surface area contributed by atoms with Crippen molar-refractivity contribution in [2.24, 2.45) is 5.92 Å². The normalized spacial score (nSPS) is 14.8. The van der Waals surface area contributed by atoms with E-state index in [0.29, 0.717) is 11.7 Å². The third-order valence-electron chi connectivity index (χ3n) is 3.14. The molecule has 0 aliphatic rings. The molecule has 0 saturated carbocycles. The van der Waals surface area contributed by atoms with Crippen molar-refractivity contribution >= 4 is 0 Å². The lowest BCUT2D eigenvalue weighted by Gasteiger charge is -2.22. The Balaban J connectivity index is 3.03. The molecule has 0 heterocycles. The molecule has 0 aliphatic carbocycles. The molecule has 2 atom stereocenters. The summed E-state index contributed by atoms with van der Waals surface area (Å²) in [5.41, 5.74) is 0.861. The molecule has 0 saturated heterocycles. The molecule has 96 valence electrons. The van der Waals surface area contributed by atoms with Gasteiger partial charge in [0, 0.05) is 11.6 Å². The maximum absolute atomic E-state index is 13.8. The van der Waals surface area contributed by atoms with Crippen LogP contribution < -0.4 is 10.1 Å². The summed E-state index contributed by atoms with van der Waals surface area (Å²) >= 11 is 0. The SMILES string of the molecule is CNC(C)c1cccc(F)c1OC(C)C(C)C. The van der Waals surface area contributed by atoms with Crippen molar-refractivity contribution in [3.8, 4) is 5.75 Å². The Morgan fingerprint density at radius 3 is 2.35 bits per heavy atom. The first kappa shape index (κ1) is 14.0. The average molecular weight is 239 g/mol. The van der Waals surface area contributed by atoms with Gasteiger partial charge >= 0.3 is 0 Å². The van der Waals surface area contributed by atoms with Crippen LogP contribution in [-0.4, -0.2) is 13.2 Å². The average Bonchev–Trinajstić information content (AvgIpc) is 2.30. The summed E-state index contributed by atoms with van der Waals surface area (Å²) < 4.78 is 19.6. The number of rotatable bonds is 5. The van der Waals surface area contributed by atoms with Crippen LogP contribution in [0.2, 0.25) is 0 Å². The summed E-state index contributed by atoms with van der Waals surface area (Å²) in [7, 11) is 1.85. The molecule has 0 spiro atoms. The van der Waals surface area contributed by atoms with E-state index < -0.39 is 0 Å². The van der Waals surface area contributed by atoms with Gasteiger partial charge in [0.2, 0.25) is 0 Å². The van der Waals surface area contributed by atoms with Crippen LogP contribution in [0.15, 0.2) is 18.2 Å². The van der Waals surface area contributed by atoms with Crippen molar-refractivity contribution in [2.75, 3.05) is 7.05 Å². The number of halogens is 1. The van der Waals surface area contributed by atoms with Gasteiger partial charge in [-0.05, 0) is 32.9 Å². The zero-order chi connectivity index (χ0) is 13.0. The van der Waals surface area contributed by atoms with Gasteiger partial charge in [0.1, 0.15) is 0 Å². The monoisotopic (exact) mass is 239 g/mol. The van der Waals surface area contributed by atoms with E-state index in [9.17, 15) is 4.39 Å². The van der Waals surface area contributed by atoms with Crippen LogP contribution in [0.3, 0.4) is 0 Å². The minimum atomic E-state index is -0.294. The minimum Gasteiger partial charge on any atom is -0.487 e. The Labute approximate surface area is 103 Å². The highest BCUT2D eigenvalue weighted by Gasteiger charge is 2.18. The summed E-state index contributed by atoms with van der Waals surface area (Å²) in [6.07, 6.45) is -0.00490. The molecule has 3 heteroatoms. The lowest BCUT2D eigenvalue weighted by Crippen LogP contribution is -2.22. The van der Waals surface area contributed by atoms with E-state index in [1.807, 2.05) is 27.0 Å². The summed E-state index contributed by atoms with van der Waals surface area (Å²) in [6.45, 7) is 8.08. The molecule has 2 nitrogen and oxygen atoms in total. The number of hydrogen-bond donors (Lipinski definition) is 1. The third-order valence-corrected chi connectivity index (χ3v) is 3.14. The van der Waals surface area contributed by atoms with Gasteiger partial charge in [-0.25, -0.2) is 4.39 Å². The number of nitrogens with one attached hydrogen (secondary N) is 1. The Kier molecular flexibility index (Phi) is 4.94. The summed E-state index contributed by atoms with van der Waals surface area (Å²) in [5, 5.41) is 3.10. The quantitative estimate of drug-likeness (QED) is 0.848. The molecule has 0 fully saturated rings. The largest absolute Gasteiger partial charge is 0.487 e. The van der Waals surface area contributed by atoms with Crippen molar-refractivity contribution in [3.05, 3.63) is 29.6 Å². The molecule has 0 aliphatic heterocycles. The van der Waals surface area contributed by atoms with E-state index >= 15 is 0 Å². The zero-order valence-corrected chi connectivity index (χ0v) is 11.3. The van der Waals surface area contributed by atoms with Gasteiger partial charge in [0.05, 0.1) is 6.10 Å². The molecule has 0 bridgehead atoms. The second-order valence-electron chi connectivity index (χ2n) is 4.74. The van der Waals surface area contributed by atoms with E-state index in [0.717, 1.165) is 5.56 Å². The smallest absolute Gasteiger partial charge is 0.165 e. The highest BCUT2D eigenvalue weighted by atomic mass is 19.1. The number of benzene rings is 1. The van der Waals surface area contributed by atoms with Crippen molar-refractivity contribution in [3.63, 3.8) is 0 Å². The van der Waals surface area contributed by atoms with Crippen LogP contribution in [0.25, 0.3) is 0 Å². The summed E-state index contributed by atoms with van der Waals surface area (Å²) in [4.78, 5) is 0.